The first kappa shape index (κ1) is 11.8. The number of nitro groups is 1. The van der Waals surface area contributed by atoms with Gasteiger partial charge in [0.1, 0.15) is 0 Å². The number of pyridine rings is 1. The molecule has 1 aromatic rings. The molecular weight excluding hydrogens is 220 g/mol. The zero-order valence-electron chi connectivity index (χ0n) is 10.0. The highest BCUT2D eigenvalue weighted by molar-refractivity contribution is 5.57. The quantitative estimate of drug-likeness (QED) is 0.616. The van der Waals surface area contributed by atoms with Crippen molar-refractivity contribution in [3.05, 3.63) is 28.4 Å². The second-order valence-electron chi connectivity index (χ2n) is 4.84. The summed E-state index contributed by atoms with van der Waals surface area (Å²) in [6, 6.07) is 3.09. The minimum atomic E-state index is -0.378. The van der Waals surface area contributed by atoms with Gasteiger partial charge in [-0.2, -0.15) is 0 Å². The SMILES string of the molecule is CC1(C)CN(c2ncccc2[N+](=O)[O-])CCN1. The minimum Gasteiger partial charge on any atom is -0.348 e. The first-order valence-electron chi connectivity index (χ1n) is 5.59. The van der Waals surface area contributed by atoms with E-state index >= 15 is 0 Å². The Labute approximate surface area is 99.8 Å². The van der Waals surface area contributed by atoms with Gasteiger partial charge in [0.2, 0.25) is 5.82 Å². The first-order chi connectivity index (χ1) is 7.99. The van der Waals surface area contributed by atoms with Gasteiger partial charge in [0.25, 0.3) is 0 Å². The van der Waals surface area contributed by atoms with Crippen molar-refractivity contribution in [1.29, 1.82) is 0 Å². The van der Waals surface area contributed by atoms with Crippen LogP contribution in [-0.2, 0) is 0 Å². The Bertz CT molecular complexity index is 433. The summed E-state index contributed by atoms with van der Waals surface area (Å²) in [6.45, 7) is 6.41. The van der Waals surface area contributed by atoms with Gasteiger partial charge in [-0.25, -0.2) is 4.98 Å². The molecule has 92 valence electrons. The van der Waals surface area contributed by atoms with E-state index in [2.05, 4.69) is 24.1 Å². The molecule has 0 radical (unpaired) electrons. The molecule has 1 aliphatic rings. The number of nitrogens with one attached hydrogen (secondary N) is 1. The fourth-order valence-corrected chi connectivity index (χ4v) is 2.10. The Morgan fingerprint density at radius 3 is 3.00 bits per heavy atom. The summed E-state index contributed by atoms with van der Waals surface area (Å²) in [4.78, 5) is 16.7. The molecule has 0 atom stereocenters. The van der Waals surface area contributed by atoms with Crippen molar-refractivity contribution in [2.45, 2.75) is 19.4 Å². The monoisotopic (exact) mass is 236 g/mol. The van der Waals surface area contributed by atoms with Crippen LogP contribution in [-0.4, -0.2) is 35.1 Å². The van der Waals surface area contributed by atoms with Crippen molar-refractivity contribution in [1.82, 2.24) is 10.3 Å². The molecule has 1 fully saturated rings. The van der Waals surface area contributed by atoms with Crippen LogP contribution in [0.5, 0.6) is 0 Å². The zero-order chi connectivity index (χ0) is 12.5. The standard InChI is InChI=1S/C11H16N4O2/c1-11(2)8-14(7-6-13-11)10-9(15(16)17)4-3-5-12-10/h3-5,13H,6-8H2,1-2H3. The summed E-state index contributed by atoms with van der Waals surface area (Å²) in [7, 11) is 0. The molecule has 2 heterocycles. The van der Waals surface area contributed by atoms with Crippen LogP contribution >= 0.6 is 0 Å². The van der Waals surface area contributed by atoms with Gasteiger partial charge in [0, 0.05) is 37.4 Å². The lowest BCUT2D eigenvalue weighted by Gasteiger charge is -2.39. The molecule has 6 nitrogen and oxygen atoms in total. The molecule has 0 bridgehead atoms. The van der Waals surface area contributed by atoms with Crippen molar-refractivity contribution in [2.75, 3.05) is 24.5 Å². The number of anilines is 1. The lowest BCUT2D eigenvalue weighted by atomic mass is 10.0. The molecule has 1 N–H and O–H groups in total. The van der Waals surface area contributed by atoms with Crippen LogP contribution in [0.3, 0.4) is 0 Å². The van der Waals surface area contributed by atoms with Gasteiger partial charge in [-0.1, -0.05) is 0 Å². The average molecular weight is 236 g/mol. The van der Waals surface area contributed by atoms with E-state index in [9.17, 15) is 10.1 Å². The van der Waals surface area contributed by atoms with Crippen LogP contribution < -0.4 is 10.2 Å². The summed E-state index contributed by atoms with van der Waals surface area (Å²) in [5, 5.41) is 14.3. The van der Waals surface area contributed by atoms with Crippen molar-refractivity contribution < 1.29 is 4.92 Å². The van der Waals surface area contributed by atoms with E-state index in [0.29, 0.717) is 12.4 Å². The lowest BCUT2D eigenvalue weighted by molar-refractivity contribution is -0.384. The van der Waals surface area contributed by atoms with Crippen molar-refractivity contribution in [2.24, 2.45) is 0 Å². The highest BCUT2D eigenvalue weighted by Gasteiger charge is 2.30. The maximum atomic E-state index is 10.9. The normalized spacial score (nSPS) is 19.1. The molecule has 0 amide bonds. The summed E-state index contributed by atoms with van der Waals surface area (Å²) in [5.74, 6) is 0.465. The number of rotatable bonds is 2. The molecule has 0 aliphatic carbocycles. The highest BCUT2D eigenvalue weighted by Crippen LogP contribution is 2.27. The molecule has 2 rings (SSSR count). The van der Waals surface area contributed by atoms with Crippen LogP contribution in [0, 0.1) is 10.1 Å². The van der Waals surface area contributed by atoms with Gasteiger partial charge in [-0.05, 0) is 19.9 Å². The van der Waals surface area contributed by atoms with Gasteiger partial charge in [0.05, 0.1) is 4.92 Å². The van der Waals surface area contributed by atoms with E-state index in [0.717, 1.165) is 13.1 Å². The van der Waals surface area contributed by atoms with E-state index in [1.807, 2.05) is 4.90 Å². The Kier molecular flexibility index (Phi) is 2.97. The third-order valence-electron chi connectivity index (χ3n) is 2.83. The Morgan fingerprint density at radius 1 is 1.59 bits per heavy atom. The van der Waals surface area contributed by atoms with Crippen LogP contribution in [0.2, 0.25) is 0 Å². The van der Waals surface area contributed by atoms with E-state index < -0.39 is 0 Å². The van der Waals surface area contributed by atoms with Gasteiger partial charge < -0.3 is 10.2 Å². The van der Waals surface area contributed by atoms with Crippen LogP contribution in [0.15, 0.2) is 18.3 Å². The predicted molar refractivity (Wildman–Crippen MR) is 65.2 cm³/mol. The highest BCUT2D eigenvalue weighted by atomic mass is 16.6. The van der Waals surface area contributed by atoms with Crippen molar-refractivity contribution in [3.63, 3.8) is 0 Å². The fraction of sp³-hybridized carbons (Fsp3) is 0.545. The van der Waals surface area contributed by atoms with Crippen molar-refractivity contribution in [3.8, 4) is 0 Å². The maximum Gasteiger partial charge on any atom is 0.311 e. The smallest absolute Gasteiger partial charge is 0.311 e. The first-order valence-corrected chi connectivity index (χ1v) is 5.59. The molecule has 1 saturated heterocycles. The number of hydrogen-bond donors (Lipinski definition) is 1. The second kappa shape index (κ2) is 4.29. The summed E-state index contributed by atoms with van der Waals surface area (Å²) < 4.78 is 0. The number of hydrogen-bond acceptors (Lipinski definition) is 5. The molecule has 0 spiro atoms. The molecule has 0 unspecified atom stereocenters. The third kappa shape index (κ3) is 2.52. The Morgan fingerprint density at radius 2 is 2.35 bits per heavy atom. The summed E-state index contributed by atoms with van der Waals surface area (Å²) >= 11 is 0. The van der Waals surface area contributed by atoms with Crippen LogP contribution in [0.25, 0.3) is 0 Å². The van der Waals surface area contributed by atoms with Gasteiger partial charge in [0.15, 0.2) is 0 Å². The molecular formula is C11H16N4O2. The number of aromatic nitrogens is 1. The average Bonchev–Trinajstić information content (AvgIpc) is 2.27. The van der Waals surface area contributed by atoms with E-state index in [-0.39, 0.29) is 16.1 Å². The molecule has 6 heteroatoms. The zero-order valence-corrected chi connectivity index (χ0v) is 10.0. The topological polar surface area (TPSA) is 71.3 Å². The second-order valence-corrected chi connectivity index (χ2v) is 4.84. The van der Waals surface area contributed by atoms with E-state index in [1.54, 1.807) is 12.3 Å². The maximum absolute atomic E-state index is 10.9. The third-order valence-corrected chi connectivity index (χ3v) is 2.83. The van der Waals surface area contributed by atoms with Gasteiger partial charge in [-0.3, -0.25) is 10.1 Å². The molecule has 17 heavy (non-hydrogen) atoms. The Hall–Kier alpha value is -1.69. The Balaban J connectivity index is 2.30. The fourth-order valence-electron chi connectivity index (χ4n) is 2.10. The number of piperazine rings is 1. The lowest BCUT2D eigenvalue weighted by Crippen LogP contribution is -2.57. The summed E-state index contributed by atoms with van der Waals surface area (Å²) in [6.07, 6.45) is 1.59. The molecule has 1 aromatic heterocycles. The number of nitrogens with zero attached hydrogens (tertiary/aromatic N) is 3. The summed E-state index contributed by atoms with van der Waals surface area (Å²) in [5.41, 5.74) is 0.0223. The van der Waals surface area contributed by atoms with Gasteiger partial charge in [-0.15, -0.1) is 0 Å². The predicted octanol–water partition coefficient (Wildman–Crippen LogP) is 1.18. The van der Waals surface area contributed by atoms with Gasteiger partial charge >= 0.3 is 5.69 Å². The largest absolute Gasteiger partial charge is 0.348 e. The van der Waals surface area contributed by atoms with Crippen LogP contribution in [0.4, 0.5) is 11.5 Å². The molecule has 1 aliphatic heterocycles. The van der Waals surface area contributed by atoms with Crippen LogP contribution in [0.1, 0.15) is 13.8 Å². The van der Waals surface area contributed by atoms with E-state index in [1.165, 1.54) is 6.07 Å². The minimum absolute atomic E-state index is 0.0519. The van der Waals surface area contributed by atoms with E-state index in [4.69, 9.17) is 0 Å². The molecule has 0 aromatic carbocycles. The molecule has 0 saturated carbocycles. The van der Waals surface area contributed by atoms with Crippen molar-refractivity contribution >= 4 is 11.5 Å².